The van der Waals surface area contributed by atoms with Crippen LogP contribution < -0.4 is 0 Å². The fourth-order valence-corrected chi connectivity index (χ4v) is 5.27. The molecule has 0 spiro atoms. The van der Waals surface area contributed by atoms with Crippen LogP contribution in [0.4, 0.5) is 0 Å². The first kappa shape index (κ1) is 18.2. The largest absolute Gasteiger partial charge is 0.480 e. The third-order valence-electron chi connectivity index (χ3n) is 3.84. The molecule has 128 valence electrons. The molecule has 1 N–H and O–H groups in total. The van der Waals surface area contributed by atoms with Crippen molar-refractivity contribution in [2.75, 3.05) is 19.8 Å². The third kappa shape index (κ3) is 4.23. The lowest BCUT2D eigenvalue weighted by atomic mass is 10.1. The molecular formula is C15H20ClNO5S. The van der Waals surface area contributed by atoms with Crippen molar-refractivity contribution >= 4 is 27.6 Å². The van der Waals surface area contributed by atoms with Gasteiger partial charge in [0.25, 0.3) is 0 Å². The first-order chi connectivity index (χ1) is 10.8. The Kier molecular flexibility index (Phi) is 6.02. The summed E-state index contributed by atoms with van der Waals surface area (Å²) in [6, 6.07) is 4.60. The van der Waals surface area contributed by atoms with E-state index in [0.717, 1.165) is 12.8 Å². The number of rotatable bonds is 6. The second-order valence-corrected chi connectivity index (χ2v) is 7.79. The van der Waals surface area contributed by atoms with Crippen molar-refractivity contribution in [3.8, 4) is 0 Å². The van der Waals surface area contributed by atoms with Crippen molar-refractivity contribution in [2.24, 2.45) is 0 Å². The lowest BCUT2D eigenvalue weighted by molar-refractivity contribution is -0.142. The molecule has 1 aromatic rings. The summed E-state index contributed by atoms with van der Waals surface area (Å²) in [6.07, 6.45) is 2.29. The highest BCUT2D eigenvalue weighted by atomic mass is 35.5. The van der Waals surface area contributed by atoms with Gasteiger partial charge in [0.05, 0.1) is 11.6 Å². The number of benzene rings is 1. The van der Waals surface area contributed by atoms with Gasteiger partial charge in [-0.25, -0.2) is 13.2 Å². The van der Waals surface area contributed by atoms with Crippen molar-refractivity contribution in [3.63, 3.8) is 0 Å². The quantitative estimate of drug-likeness (QED) is 0.840. The molecular weight excluding hydrogens is 342 g/mol. The molecule has 0 amide bonds. The first-order valence-electron chi connectivity index (χ1n) is 7.40. The third-order valence-corrected chi connectivity index (χ3v) is 6.42. The van der Waals surface area contributed by atoms with Crippen LogP contribution in [-0.2, 0) is 19.6 Å². The number of nitrogens with zero attached hydrogens (tertiary/aromatic N) is 1. The zero-order valence-electron chi connectivity index (χ0n) is 12.9. The number of aliphatic carboxylic acids is 1. The maximum absolute atomic E-state index is 13.0. The molecule has 0 aromatic heterocycles. The SMILES string of the molecule is Cc1cccc(Cl)c1S(=O)(=O)N1CCCCC1COCC(=O)O. The number of hydrogen-bond donors (Lipinski definition) is 1. The highest BCUT2D eigenvalue weighted by Gasteiger charge is 2.35. The van der Waals surface area contributed by atoms with E-state index in [4.69, 9.17) is 21.4 Å². The molecule has 8 heteroatoms. The maximum Gasteiger partial charge on any atom is 0.329 e. The highest BCUT2D eigenvalue weighted by Crippen LogP contribution is 2.31. The second kappa shape index (κ2) is 7.61. The van der Waals surface area contributed by atoms with E-state index in [1.165, 1.54) is 4.31 Å². The van der Waals surface area contributed by atoms with Crippen LogP contribution in [-0.4, -0.2) is 49.6 Å². The number of sulfonamides is 1. The zero-order chi connectivity index (χ0) is 17.0. The van der Waals surface area contributed by atoms with Gasteiger partial charge in [-0.1, -0.05) is 30.2 Å². The molecule has 1 aromatic carbocycles. The Morgan fingerprint density at radius 1 is 1.43 bits per heavy atom. The number of carbonyl (C=O) groups is 1. The monoisotopic (exact) mass is 361 g/mol. The summed E-state index contributed by atoms with van der Waals surface area (Å²) in [7, 11) is -3.75. The van der Waals surface area contributed by atoms with Gasteiger partial charge in [-0.3, -0.25) is 0 Å². The van der Waals surface area contributed by atoms with Gasteiger partial charge in [0.15, 0.2) is 0 Å². The molecule has 1 fully saturated rings. The Morgan fingerprint density at radius 3 is 2.83 bits per heavy atom. The molecule has 0 radical (unpaired) electrons. The van der Waals surface area contributed by atoms with E-state index in [-0.39, 0.29) is 22.6 Å². The van der Waals surface area contributed by atoms with Crippen molar-refractivity contribution in [2.45, 2.75) is 37.1 Å². The van der Waals surface area contributed by atoms with Crippen molar-refractivity contribution in [1.82, 2.24) is 4.31 Å². The number of hydrogen-bond acceptors (Lipinski definition) is 4. The number of ether oxygens (including phenoxy) is 1. The van der Waals surface area contributed by atoms with E-state index < -0.39 is 22.6 Å². The van der Waals surface area contributed by atoms with Crippen LogP contribution in [0.1, 0.15) is 24.8 Å². The second-order valence-electron chi connectivity index (χ2n) is 5.56. The van der Waals surface area contributed by atoms with E-state index in [1.807, 2.05) is 0 Å². The van der Waals surface area contributed by atoms with Crippen molar-refractivity contribution in [1.29, 1.82) is 0 Å². The van der Waals surface area contributed by atoms with Crippen LogP contribution in [0.3, 0.4) is 0 Å². The summed E-state index contributed by atoms with van der Waals surface area (Å²) < 4.78 is 32.5. The average molecular weight is 362 g/mol. The summed E-state index contributed by atoms with van der Waals surface area (Å²) in [5, 5.41) is 8.84. The van der Waals surface area contributed by atoms with Crippen LogP contribution >= 0.6 is 11.6 Å². The fraction of sp³-hybridized carbons (Fsp3) is 0.533. The first-order valence-corrected chi connectivity index (χ1v) is 9.22. The molecule has 0 aliphatic carbocycles. The minimum atomic E-state index is -3.75. The molecule has 1 saturated heterocycles. The Balaban J connectivity index is 2.26. The van der Waals surface area contributed by atoms with Crippen LogP contribution in [0.5, 0.6) is 0 Å². The Hall–Kier alpha value is -1.15. The van der Waals surface area contributed by atoms with E-state index in [1.54, 1.807) is 25.1 Å². The smallest absolute Gasteiger partial charge is 0.329 e. The molecule has 23 heavy (non-hydrogen) atoms. The molecule has 1 aliphatic rings. The molecule has 0 saturated carbocycles. The predicted octanol–water partition coefficient (Wildman–Crippen LogP) is 2.29. The molecule has 2 rings (SSSR count). The predicted molar refractivity (Wildman–Crippen MR) is 86.2 cm³/mol. The lowest BCUT2D eigenvalue weighted by Gasteiger charge is -2.34. The standard InChI is InChI=1S/C15H20ClNO5S/c1-11-5-4-7-13(16)15(11)23(20,21)17-8-3-2-6-12(17)9-22-10-14(18)19/h4-5,7,12H,2-3,6,8-10H2,1H3,(H,18,19). The van der Waals surface area contributed by atoms with Gasteiger partial charge in [-0.05, 0) is 31.4 Å². The van der Waals surface area contributed by atoms with E-state index >= 15 is 0 Å². The van der Waals surface area contributed by atoms with Crippen molar-refractivity contribution in [3.05, 3.63) is 28.8 Å². The van der Waals surface area contributed by atoms with E-state index in [0.29, 0.717) is 18.5 Å². The molecule has 1 atom stereocenters. The summed E-state index contributed by atoms with van der Waals surface area (Å²) in [5.74, 6) is -1.07. The van der Waals surface area contributed by atoms with Crippen LogP contribution in [0.25, 0.3) is 0 Å². The van der Waals surface area contributed by atoms with Gasteiger partial charge >= 0.3 is 5.97 Å². The number of piperidine rings is 1. The van der Waals surface area contributed by atoms with Gasteiger partial charge in [0, 0.05) is 12.6 Å². The average Bonchev–Trinajstić information content (AvgIpc) is 2.47. The van der Waals surface area contributed by atoms with E-state index in [9.17, 15) is 13.2 Å². The fourth-order valence-electron chi connectivity index (χ4n) is 2.80. The minimum Gasteiger partial charge on any atom is -0.480 e. The Bertz CT molecular complexity index is 656. The van der Waals surface area contributed by atoms with Crippen LogP contribution in [0, 0.1) is 6.92 Å². The molecule has 0 bridgehead atoms. The van der Waals surface area contributed by atoms with Crippen molar-refractivity contribution < 1.29 is 23.1 Å². The number of carboxylic acids is 1. The summed E-state index contributed by atoms with van der Waals surface area (Å²) in [4.78, 5) is 10.7. The number of halogens is 1. The van der Waals surface area contributed by atoms with Gasteiger partial charge in [0.2, 0.25) is 10.0 Å². The van der Waals surface area contributed by atoms with Crippen LogP contribution in [0.15, 0.2) is 23.1 Å². The zero-order valence-corrected chi connectivity index (χ0v) is 14.4. The molecule has 1 heterocycles. The van der Waals surface area contributed by atoms with Gasteiger partial charge in [-0.15, -0.1) is 0 Å². The Labute approximate surface area is 141 Å². The summed E-state index contributed by atoms with van der Waals surface area (Å²) in [5.41, 5.74) is 0.591. The molecule has 1 unspecified atom stereocenters. The molecule has 1 aliphatic heterocycles. The van der Waals surface area contributed by atoms with Gasteiger partial charge in [0.1, 0.15) is 11.5 Å². The topological polar surface area (TPSA) is 83.9 Å². The molecule has 6 nitrogen and oxygen atoms in total. The maximum atomic E-state index is 13.0. The van der Waals surface area contributed by atoms with E-state index in [2.05, 4.69) is 0 Å². The minimum absolute atomic E-state index is 0.0645. The number of aryl methyl sites for hydroxylation is 1. The Morgan fingerprint density at radius 2 is 2.17 bits per heavy atom. The highest BCUT2D eigenvalue weighted by molar-refractivity contribution is 7.89. The normalized spacial score (nSPS) is 19.7. The van der Waals surface area contributed by atoms with Crippen LogP contribution in [0.2, 0.25) is 5.02 Å². The number of carboxylic acid groups (broad SMARTS) is 1. The van der Waals surface area contributed by atoms with Gasteiger partial charge < -0.3 is 9.84 Å². The lowest BCUT2D eigenvalue weighted by Crippen LogP contribution is -2.46. The summed E-state index contributed by atoms with van der Waals surface area (Å²) in [6.45, 7) is 1.72. The summed E-state index contributed by atoms with van der Waals surface area (Å²) >= 11 is 6.11. The van der Waals surface area contributed by atoms with Gasteiger partial charge in [-0.2, -0.15) is 4.31 Å².